The van der Waals surface area contributed by atoms with Crippen LogP contribution in [0.3, 0.4) is 0 Å². The SMILES string of the molecule is C#CCN(CC#CC)C(=O)C1CSCN1C(=O)CC. The Hall–Kier alpha value is -1.59. The van der Waals surface area contributed by atoms with Gasteiger partial charge in [-0.2, -0.15) is 0 Å². The predicted molar refractivity (Wildman–Crippen MR) is 77.1 cm³/mol. The molecule has 1 rings (SSSR count). The van der Waals surface area contributed by atoms with Gasteiger partial charge in [-0.15, -0.1) is 24.1 Å². The van der Waals surface area contributed by atoms with E-state index >= 15 is 0 Å². The van der Waals surface area contributed by atoms with Crippen LogP contribution < -0.4 is 0 Å². The third-order valence-corrected chi connectivity index (χ3v) is 3.84. The molecule has 5 heteroatoms. The van der Waals surface area contributed by atoms with Gasteiger partial charge in [-0.3, -0.25) is 9.59 Å². The molecule has 0 bridgehead atoms. The van der Waals surface area contributed by atoms with Gasteiger partial charge in [0.2, 0.25) is 11.8 Å². The zero-order valence-electron chi connectivity index (χ0n) is 11.3. The van der Waals surface area contributed by atoms with Crippen molar-refractivity contribution in [2.24, 2.45) is 0 Å². The van der Waals surface area contributed by atoms with Crippen molar-refractivity contribution in [2.75, 3.05) is 24.7 Å². The Morgan fingerprint density at radius 2 is 2.21 bits per heavy atom. The zero-order valence-corrected chi connectivity index (χ0v) is 12.1. The van der Waals surface area contributed by atoms with Crippen molar-refractivity contribution in [1.29, 1.82) is 0 Å². The number of carbonyl (C=O) groups is 2. The van der Waals surface area contributed by atoms with E-state index in [9.17, 15) is 9.59 Å². The fourth-order valence-corrected chi connectivity index (χ4v) is 2.98. The smallest absolute Gasteiger partial charge is 0.247 e. The highest BCUT2D eigenvalue weighted by Gasteiger charge is 2.35. The first-order chi connectivity index (χ1) is 9.15. The normalized spacial score (nSPS) is 17.3. The first-order valence-corrected chi connectivity index (χ1v) is 7.30. The fourth-order valence-electron chi connectivity index (χ4n) is 1.80. The standard InChI is InChI=1S/C14H18N2O2S/c1-4-7-9-15(8-5-2)14(18)12-10-19-11-16(12)13(17)6-3/h2,12H,6,8-11H2,1,3H3. The number of rotatable bonds is 4. The van der Waals surface area contributed by atoms with Crippen molar-refractivity contribution < 1.29 is 9.59 Å². The van der Waals surface area contributed by atoms with Crippen molar-refractivity contribution in [3.63, 3.8) is 0 Å². The predicted octanol–water partition coefficient (Wildman–Crippen LogP) is 0.783. The highest BCUT2D eigenvalue weighted by molar-refractivity contribution is 7.99. The van der Waals surface area contributed by atoms with Crippen LogP contribution in [-0.4, -0.2) is 52.4 Å². The lowest BCUT2D eigenvalue weighted by molar-refractivity contribution is -0.142. The van der Waals surface area contributed by atoms with Crippen molar-refractivity contribution in [1.82, 2.24) is 9.80 Å². The van der Waals surface area contributed by atoms with Crippen LogP contribution in [0.1, 0.15) is 20.3 Å². The average molecular weight is 278 g/mol. The van der Waals surface area contributed by atoms with Crippen LogP contribution in [0.25, 0.3) is 0 Å². The molecule has 0 aromatic rings. The molecule has 0 radical (unpaired) electrons. The second-order valence-electron chi connectivity index (χ2n) is 4.06. The molecule has 0 aliphatic carbocycles. The van der Waals surface area contributed by atoms with E-state index in [1.165, 1.54) is 4.90 Å². The Labute approximate surface area is 118 Å². The fraction of sp³-hybridized carbons (Fsp3) is 0.571. The van der Waals surface area contributed by atoms with Crippen molar-refractivity contribution >= 4 is 23.6 Å². The first kappa shape index (κ1) is 15.5. The minimum absolute atomic E-state index is 0.00517. The lowest BCUT2D eigenvalue weighted by Gasteiger charge is -2.27. The monoisotopic (exact) mass is 278 g/mol. The Kier molecular flexibility index (Phi) is 6.32. The lowest BCUT2D eigenvalue weighted by atomic mass is 10.2. The number of carbonyl (C=O) groups excluding carboxylic acids is 2. The van der Waals surface area contributed by atoms with Gasteiger partial charge in [0.15, 0.2) is 0 Å². The van der Waals surface area contributed by atoms with E-state index < -0.39 is 6.04 Å². The summed E-state index contributed by atoms with van der Waals surface area (Å²) < 4.78 is 0. The lowest BCUT2D eigenvalue weighted by Crippen LogP contribution is -2.49. The second-order valence-corrected chi connectivity index (χ2v) is 5.06. The molecular formula is C14H18N2O2S. The summed E-state index contributed by atoms with van der Waals surface area (Å²) in [5, 5.41) is 0. The van der Waals surface area contributed by atoms with Crippen molar-refractivity contribution in [2.45, 2.75) is 26.3 Å². The van der Waals surface area contributed by atoms with Crippen LogP contribution in [-0.2, 0) is 9.59 Å². The number of hydrogen-bond donors (Lipinski definition) is 0. The summed E-state index contributed by atoms with van der Waals surface area (Å²) in [5.41, 5.74) is 0. The molecule has 1 aliphatic heterocycles. The quantitative estimate of drug-likeness (QED) is 0.714. The van der Waals surface area contributed by atoms with Gasteiger partial charge in [-0.25, -0.2) is 0 Å². The van der Waals surface area contributed by atoms with Gasteiger partial charge < -0.3 is 9.80 Å². The summed E-state index contributed by atoms with van der Waals surface area (Å²) in [6.45, 7) is 4.06. The highest BCUT2D eigenvalue weighted by Crippen LogP contribution is 2.23. The Bertz CT molecular complexity index is 445. The van der Waals surface area contributed by atoms with Crippen LogP contribution >= 0.6 is 11.8 Å². The van der Waals surface area contributed by atoms with Gasteiger partial charge in [0.1, 0.15) is 6.04 Å². The van der Waals surface area contributed by atoms with E-state index in [0.29, 0.717) is 24.6 Å². The van der Waals surface area contributed by atoms with Gasteiger partial charge >= 0.3 is 0 Å². The molecule has 0 N–H and O–H groups in total. The molecule has 1 aliphatic rings. The van der Waals surface area contributed by atoms with E-state index in [0.717, 1.165) is 0 Å². The van der Waals surface area contributed by atoms with Crippen LogP contribution in [0.2, 0.25) is 0 Å². The molecule has 2 amide bonds. The summed E-state index contributed by atoms with van der Waals surface area (Å²) in [5.74, 6) is 9.17. The third kappa shape index (κ3) is 3.94. The maximum Gasteiger partial charge on any atom is 0.247 e. The summed E-state index contributed by atoms with van der Waals surface area (Å²) in [7, 11) is 0. The van der Waals surface area contributed by atoms with E-state index in [1.807, 2.05) is 0 Å². The van der Waals surface area contributed by atoms with Gasteiger partial charge in [0, 0.05) is 12.2 Å². The van der Waals surface area contributed by atoms with Gasteiger partial charge in [-0.1, -0.05) is 18.8 Å². The molecule has 4 nitrogen and oxygen atoms in total. The largest absolute Gasteiger partial charge is 0.321 e. The summed E-state index contributed by atoms with van der Waals surface area (Å²) in [6.07, 6.45) is 5.69. The average Bonchev–Trinajstić information content (AvgIpc) is 2.91. The van der Waals surface area contributed by atoms with Crippen LogP contribution in [0, 0.1) is 24.2 Å². The molecular weight excluding hydrogens is 260 g/mol. The van der Waals surface area contributed by atoms with E-state index in [1.54, 1.807) is 30.5 Å². The molecule has 1 heterocycles. The van der Waals surface area contributed by atoms with Crippen LogP contribution in [0.4, 0.5) is 0 Å². The van der Waals surface area contributed by atoms with Gasteiger partial charge in [0.25, 0.3) is 0 Å². The van der Waals surface area contributed by atoms with E-state index in [4.69, 9.17) is 6.42 Å². The topological polar surface area (TPSA) is 40.6 Å². The Morgan fingerprint density at radius 1 is 1.47 bits per heavy atom. The summed E-state index contributed by atoms with van der Waals surface area (Å²) >= 11 is 1.59. The molecule has 0 spiro atoms. The molecule has 102 valence electrons. The van der Waals surface area contributed by atoms with Crippen LogP contribution in [0.15, 0.2) is 0 Å². The minimum Gasteiger partial charge on any atom is -0.321 e. The van der Waals surface area contributed by atoms with E-state index in [2.05, 4.69) is 17.8 Å². The molecule has 1 fully saturated rings. The molecule has 19 heavy (non-hydrogen) atoms. The number of nitrogens with zero attached hydrogens (tertiary/aromatic N) is 2. The minimum atomic E-state index is -0.399. The first-order valence-electron chi connectivity index (χ1n) is 6.14. The van der Waals surface area contributed by atoms with E-state index in [-0.39, 0.29) is 18.4 Å². The number of hydrogen-bond acceptors (Lipinski definition) is 3. The van der Waals surface area contributed by atoms with Crippen LogP contribution in [0.5, 0.6) is 0 Å². The molecule has 0 aromatic carbocycles. The Balaban J connectivity index is 2.79. The summed E-state index contributed by atoms with van der Waals surface area (Å²) in [6, 6.07) is -0.399. The number of amides is 2. The molecule has 1 unspecified atom stereocenters. The van der Waals surface area contributed by atoms with Gasteiger partial charge in [0.05, 0.1) is 19.0 Å². The van der Waals surface area contributed by atoms with Crippen molar-refractivity contribution in [3.8, 4) is 24.2 Å². The number of thioether (sulfide) groups is 1. The molecule has 0 aromatic heterocycles. The van der Waals surface area contributed by atoms with Gasteiger partial charge in [-0.05, 0) is 6.92 Å². The molecule has 1 saturated heterocycles. The maximum absolute atomic E-state index is 12.4. The van der Waals surface area contributed by atoms with Crippen molar-refractivity contribution in [3.05, 3.63) is 0 Å². The molecule has 0 saturated carbocycles. The number of terminal acetylenes is 1. The third-order valence-electron chi connectivity index (χ3n) is 2.83. The maximum atomic E-state index is 12.4. The summed E-state index contributed by atoms with van der Waals surface area (Å²) in [4.78, 5) is 27.4. The molecule has 1 atom stereocenters. The second kappa shape index (κ2) is 7.76. The highest BCUT2D eigenvalue weighted by atomic mass is 32.2. The zero-order chi connectivity index (χ0) is 14.3. The Morgan fingerprint density at radius 3 is 2.79 bits per heavy atom.